The van der Waals surface area contributed by atoms with E-state index in [4.69, 9.17) is 0 Å². The van der Waals surface area contributed by atoms with E-state index in [1.807, 2.05) is 30.3 Å². The fraction of sp³-hybridized carbons (Fsp3) is 0.167. The van der Waals surface area contributed by atoms with Gasteiger partial charge in [0.1, 0.15) is 0 Å². The van der Waals surface area contributed by atoms with Crippen LogP contribution in [0, 0.1) is 0 Å². The minimum absolute atomic E-state index is 0.00680. The normalized spacial score (nSPS) is 10.2. The predicted octanol–water partition coefficient (Wildman–Crippen LogP) is 1.91. The van der Waals surface area contributed by atoms with Crippen molar-refractivity contribution >= 4 is 17.7 Å². The number of carbonyl (C=O) groups is 1. The number of aromatic amines is 1. The molecule has 0 spiro atoms. The Balaban J connectivity index is 2.04. The van der Waals surface area contributed by atoms with Gasteiger partial charge in [-0.05, 0) is 5.56 Å². The van der Waals surface area contributed by atoms with E-state index in [0.717, 1.165) is 16.4 Å². The number of benzene rings is 1. The molecule has 0 unspecified atom stereocenters. The number of imidazole rings is 1. The Hall–Kier alpha value is -1.75. The Morgan fingerprint density at radius 1 is 1.41 bits per heavy atom. The van der Waals surface area contributed by atoms with Gasteiger partial charge in [0.25, 0.3) is 0 Å². The van der Waals surface area contributed by atoms with Crippen LogP contribution in [0.4, 0.5) is 0 Å². The van der Waals surface area contributed by atoms with Gasteiger partial charge in [0, 0.05) is 7.05 Å². The monoisotopic (exact) mass is 247 g/mol. The molecule has 5 heteroatoms. The summed E-state index contributed by atoms with van der Waals surface area (Å²) in [5, 5.41) is 3.33. The molecular weight excluding hydrogens is 234 g/mol. The molecule has 2 N–H and O–H groups in total. The van der Waals surface area contributed by atoms with E-state index >= 15 is 0 Å². The molecule has 0 radical (unpaired) electrons. The van der Waals surface area contributed by atoms with Gasteiger partial charge in [-0.2, -0.15) is 0 Å². The maximum Gasteiger partial charge on any atom is 0.230 e. The Morgan fingerprint density at radius 2 is 2.18 bits per heavy atom. The SMILES string of the molecule is CNC(=O)CSc1ncc(-c2ccccc2)[nH]1. The molecule has 1 aromatic heterocycles. The van der Waals surface area contributed by atoms with Gasteiger partial charge in [-0.1, -0.05) is 42.1 Å². The maximum atomic E-state index is 11.1. The van der Waals surface area contributed by atoms with Crippen LogP contribution in [-0.2, 0) is 4.79 Å². The average Bonchev–Trinajstić information content (AvgIpc) is 2.86. The highest BCUT2D eigenvalue weighted by molar-refractivity contribution is 7.99. The Labute approximate surface area is 104 Å². The molecule has 0 bridgehead atoms. The Kier molecular flexibility index (Phi) is 3.82. The van der Waals surface area contributed by atoms with Crippen LogP contribution in [0.1, 0.15) is 0 Å². The molecule has 1 aromatic carbocycles. The van der Waals surface area contributed by atoms with Crippen LogP contribution in [0.3, 0.4) is 0 Å². The number of carbonyl (C=O) groups excluding carboxylic acids is 1. The number of rotatable bonds is 4. The van der Waals surface area contributed by atoms with Crippen LogP contribution in [-0.4, -0.2) is 28.7 Å². The van der Waals surface area contributed by atoms with Crippen LogP contribution >= 0.6 is 11.8 Å². The summed E-state index contributed by atoms with van der Waals surface area (Å²) in [6, 6.07) is 9.96. The van der Waals surface area contributed by atoms with E-state index in [9.17, 15) is 4.79 Å². The summed E-state index contributed by atoms with van der Waals surface area (Å²) < 4.78 is 0. The largest absolute Gasteiger partial charge is 0.358 e. The second-order valence-corrected chi connectivity index (χ2v) is 4.39. The minimum Gasteiger partial charge on any atom is -0.358 e. The molecule has 1 heterocycles. The molecule has 2 aromatic rings. The van der Waals surface area contributed by atoms with Crippen LogP contribution in [0.25, 0.3) is 11.3 Å². The van der Waals surface area contributed by atoms with Crippen molar-refractivity contribution < 1.29 is 4.79 Å². The molecule has 0 aliphatic rings. The molecule has 0 atom stereocenters. The van der Waals surface area contributed by atoms with E-state index < -0.39 is 0 Å². The van der Waals surface area contributed by atoms with Crippen LogP contribution < -0.4 is 5.32 Å². The lowest BCUT2D eigenvalue weighted by Gasteiger charge is -1.97. The summed E-state index contributed by atoms with van der Waals surface area (Å²) in [6.45, 7) is 0. The number of thioether (sulfide) groups is 1. The summed E-state index contributed by atoms with van der Waals surface area (Å²) in [5.41, 5.74) is 2.05. The summed E-state index contributed by atoms with van der Waals surface area (Å²) >= 11 is 1.39. The van der Waals surface area contributed by atoms with Gasteiger partial charge in [-0.3, -0.25) is 4.79 Å². The molecule has 4 nitrogen and oxygen atoms in total. The van der Waals surface area contributed by atoms with E-state index in [-0.39, 0.29) is 5.91 Å². The van der Waals surface area contributed by atoms with Gasteiger partial charge in [-0.15, -0.1) is 0 Å². The number of hydrogen-bond donors (Lipinski definition) is 2. The molecule has 2 rings (SSSR count). The van der Waals surface area contributed by atoms with Crippen LogP contribution in [0.15, 0.2) is 41.7 Å². The van der Waals surface area contributed by atoms with Gasteiger partial charge in [0.15, 0.2) is 5.16 Å². The Bertz CT molecular complexity index is 495. The fourth-order valence-electron chi connectivity index (χ4n) is 1.35. The number of nitrogens with zero attached hydrogens (tertiary/aromatic N) is 1. The quantitative estimate of drug-likeness (QED) is 0.811. The second kappa shape index (κ2) is 5.54. The van der Waals surface area contributed by atoms with Crippen molar-refractivity contribution in [2.24, 2.45) is 0 Å². The third kappa shape index (κ3) is 3.10. The van der Waals surface area contributed by atoms with E-state index in [1.165, 1.54) is 11.8 Å². The van der Waals surface area contributed by atoms with Gasteiger partial charge in [0.2, 0.25) is 5.91 Å². The molecule has 0 saturated heterocycles. The van der Waals surface area contributed by atoms with E-state index in [0.29, 0.717) is 5.75 Å². The summed E-state index contributed by atoms with van der Waals surface area (Å²) in [4.78, 5) is 18.5. The zero-order valence-corrected chi connectivity index (χ0v) is 10.3. The van der Waals surface area contributed by atoms with Crippen molar-refractivity contribution in [3.05, 3.63) is 36.5 Å². The standard InChI is InChI=1S/C12H13N3OS/c1-13-11(16)8-17-12-14-7-10(15-12)9-5-3-2-4-6-9/h2-7H,8H2,1H3,(H,13,16)(H,14,15). The smallest absolute Gasteiger partial charge is 0.230 e. The van der Waals surface area contributed by atoms with Gasteiger partial charge in [0.05, 0.1) is 17.6 Å². The summed E-state index contributed by atoms with van der Waals surface area (Å²) in [7, 11) is 1.63. The third-order valence-corrected chi connectivity index (χ3v) is 3.14. The van der Waals surface area contributed by atoms with Crippen LogP contribution in [0.2, 0.25) is 0 Å². The topological polar surface area (TPSA) is 57.8 Å². The van der Waals surface area contributed by atoms with Gasteiger partial charge in [-0.25, -0.2) is 4.98 Å². The first-order valence-corrected chi connectivity index (χ1v) is 6.22. The number of aromatic nitrogens is 2. The first-order valence-electron chi connectivity index (χ1n) is 5.23. The van der Waals surface area contributed by atoms with Crippen molar-refractivity contribution in [2.75, 3.05) is 12.8 Å². The zero-order chi connectivity index (χ0) is 12.1. The average molecular weight is 247 g/mol. The fourth-order valence-corrected chi connectivity index (χ4v) is 2.07. The number of H-pyrrole nitrogens is 1. The molecule has 17 heavy (non-hydrogen) atoms. The van der Waals surface area contributed by atoms with Gasteiger partial charge < -0.3 is 10.3 Å². The van der Waals surface area contributed by atoms with Crippen molar-refractivity contribution in [3.8, 4) is 11.3 Å². The van der Waals surface area contributed by atoms with Crippen molar-refractivity contribution in [2.45, 2.75) is 5.16 Å². The number of nitrogens with one attached hydrogen (secondary N) is 2. The number of hydrogen-bond acceptors (Lipinski definition) is 3. The second-order valence-electron chi connectivity index (χ2n) is 3.43. The minimum atomic E-state index is -0.00680. The molecule has 0 fully saturated rings. The molecule has 0 saturated carbocycles. The molecule has 88 valence electrons. The molecule has 1 amide bonds. The first-order chi connectivity index (χ1) is 8.29. The zero-order valence-electron chi connectivity index (χ0n) is 9.43. The van der Waals surface area contributed by atoms with Crippen molar-refractivity contribution in [3.63, 3.8) is 0 Å². The highest BCUT2D eigenvalue weighted by Crippen LogP contribution is 2.20. The highest BCUT2D eigenvalue weighted by atomic mass is 32.2. The first kappa shape index (κ1) is 11.7. The molecule has 0 aliphatic heterocycles. The molecule has 0 aliphatic carbocycles. The summed E-state index contributed by atoms with van der Waals surface area (Å²) in [5.74, 6) is 0.366. The maximum absolute atomic E-state index is 11.1. The lowest BCUT2D eigenvalue weighted by Crippen LogP contribution is -2.19. The van der Waals surface area contributed by atoms with E-state index in [1.54, 1.807) is 13.2 Å². The summed E-state index contributed by atoms with van der Waals surface area (Å²) in [6.07, 6.45) is 1.78. The van der Waals surface area contributed by atoms with Crippen LogP contribution in [0.5, 0.6) is 0 Å². The molecular formula is C12H13N3OS. The van der Waals surface area contributed by atoms with Crippen molar-refractivity contribution in [1.29, 1.82) is 0 Å². The predicted molar refractivity (Wildman–Crippen MR) is 68.8 cm³/mol. The lowest BCUT2D eigenvalue weighted by atomic mass is 10.2. The lowest BCUT2D eigenvalue weighted by molar-refractivity contribution is -0.118. The van der Waals surface area contributed by atoms with E-state index in [2.05, 4.69) is 15.3 Å². The van der Waals surface area contributed by atoms with Crippen molar-refractivity contribution in [1.82, 2.24) is 15.3 Å². The highest BCUT2D eigenvalue weighted by Gasteiger charge is 2.05. The van der Waals surface area contributed by atoms with Gasteiger partial charge >= 0.3 is 0 Å². The number of amides is 1. The third-order valence-electron chi connectivity index (χ3n) is 2.26. The Morgan fingerprint density at radius 3 is 2.88 bits per heavy atom.